The summed E-state index contributed by atoms with van der Waals surface area (Å²) in [5, 5.41) is 9.54. The van der Waals surface area contributed by atoms with Gasteiger partial charge < -0.3 is 4.90 Å². The van der Waals surface area contributed by atoms with Crippen LogP contribution < -0.4 is 10.5 Å². The quantitative estimate of drug-likeness (QED) is 0.572. The van der Waals surface area contributed by atoms with Crippen LogP contribution in [0.1, 0.15) is 42.9 Å². The summed E-state index contributed by atoms with van der Waals surface area (Å²) in [4.78, 5) is 29.5. The van der Waals surface area contributed by atoms with E-state index in [0.29, 0.717) is 21.3 Å². The lowest BCUT2D eigenvalue weighted by Crippen LogP contribution is -2.37. The third-order valence-electron chi connectivity index (χ3n) is 5.08. The number of rotatable bonds is 3. The normalized spacial score (nSPS) is 19.1. The molecule has 0 N–H and O–H groups in total. The fraction of sp³-hybridized carbons (Fsp3) is 0.474. The van der Waals surface area contributed by atoms with E-state index in [1.54, 1.807) is 24.6 Å². The number of likely N-dealkylation sites (N-methyl/N-ethyl adjacent to an activating group) is 1. The topological polar surface area (TPSA) is 69.3 Å². The first-order valence-electron chi connectivity index (χ1n) is 9.04. The van der Waals surface area contributed by atoms with E-state index in [0.717, 1.165) is 37.3 Å². The standard InChI is InChI=1S/C19H22N4O2S2/c1-4-23-16(22-8-6-5-7-9-22)13(12(2)14(11-20)17(23)24)10-15-18(25)21(3)19(26)27-15/h10H,4-9H2,1-3H3. The molecule has 3 heterocycles. The van der Waals surface area contributed by atoms with Crippen molar-refractivity contribution in [3.05, 3.63) is 31.9 Å². The number of carbonyl (C=O) groups is 1. The summed E-state index contributed by atoms with van der Waals surface area (Å²) in [7, 11) is 1.66. The van der Waals surface area contributed by atoms with Crippen LogP contribution in [0.15, 0.2) is 9.70 Å². The Balaban J connectivity index is 2.28. The maximum absolute atomic E-state index is 12.9. The SMILES string of the molecule is CCn1c(N2CCCCC2)c(C=C2SC(=S)N(C)C2=O)c(C)c(C#N)c1=O. The maximum atomic E-state index is 12.9. The fourth-order valence-corrected chi connectivity index (χ4v) is 4.72. The monoisotopic (exact) mass is 402 g/mol. The summed E-state index contributed by atoms with van der Waals surface area (Å²) in [6.07, 6.45) is 5.10. The molecule has 1 amide bonds. The van der Waals surface area contributed by atoms with Gasteiger partial charge in [-0.1, -0.05) is 24.0 Å². The van der Waals surface area contributed by atoms with E-state index in [2.05, 4.69) is 11.0 Å². The molecule has 2 saturated heterocycles. The van der Waals surface area contributed by atoms with Crippen LogP contribution in [0.3, 0.4) is 0 Å². The number of nitrogens with zero attached hydrogens (tertiary/aromatic N) is 4. The molecule has 6 nitrogen and oxygen atoms in total. The summed E-state index contributed by atoms with van der Waals surface area (Å²) in [6, 6.07) is 2.05. The number of thioether (sulfide) groups is 1. The predicted molar refractivity (Wildman–Crippen MR) is 113 cm³/mol. The van der Waals surface area contributed by atoms with Gasteiger partial charge in [0.25, 0.3) is 11.5 Å². The highest BCUT2D eigenvalue weighted by atomic mass is 32.2. The highest BCUT2D eigenvalue weighted by molar-refractivity contribution is 8.26. The van der Waals surface area contributed by atoms with Crippen LogP contribution in [0.4, 0.5) is 5.82 Å². The Morgan fingerprint density at radius 3 is 2.44 bits per heavy atom. The van der Waals surface area contributed by atoms with Gasteiger partial charge in [0, 0.05) is 32.2 Å². The number of carbonyl (C=O) groups excluding carboxylic acids is 1. The van der Waals surface area contributed by atoms with Crippen molar-refractivity contribution in [2.75, 3.05) is 25.0 Å². The van der Waals surface area contributed by atoms with E-state index in [1.807, 2.05) is 6.92 Å². The number of piperidine rings is 1. The van der Waals surface area contributed by atoms with Gasteiger partial charge in [0.15, 0.2) is 0 Å². The number of nitriles is 1. The minimum Gasteiger partial charge on any atom is -0.357 e. The second-order valence-corrected chi connectivity index (χ2v) is 8.36. The molecular weight excluding hydrogens is 380 g/mol. The van der Waals surface area contributed by atoms with E-state index in [9.17, 15) is 14.9 Å². The fourth-order valence-electron chi connectivity index (χ4n) is 3.56. The zero-order valence-electron chi connectivity index (χ0n) is 15.7. The van der Waals surface area contributed by atoms with Gasteiger partial charge in [0.2, 0.25) is 0 Å². The molecule has 2 fully saturated rings. The lowest BCUT2D eigenvalue weighted by molar-refractivity contribution is -0.121. The smallest absolute Gasteiger partial charge is 0.270 e. The van der Waals surface area contributed by atoms with E-state index >= 15 is 0 Å². The second kappa shape index (κ2) is 7.87. The average molecular weight is 403 g/mol. The lowest BCUT2D eigenvalue weighted by Gasteiger charge is -2.33. The van der Waals surface area contributed by atoms with Crippen LogP contribution in [0.25, 0.3) is 6.08 Å². The molecule has 0 unspecified atom stereocenters. The molecule has 1 aromatic heterocycles. The van der Waals surface area contributed by atoms with Crippen molar-refractivity contribution in [2.45, 2.75) is 39.7 Å². The molecule has 0 atom stereocenters. The van der Waals surface area contributed by atoms with E-state index in [1.165, 1.54) is 23.1 Å². The minimum absolute atomic E-state index is 0.135. The van der Waals surface area contributed by atoms with Gasteiger partial charge >= 0.3 is 0 Å². The largest absolute Gasteiger partial charge is 0.357 e. The number of pyridine rings is 1. The molecule has 2 aliphatic rings. The first-order chi connectivity index (χ1) is 12.9. The Morgan fingerprint density at radius 1 is 1.26 bits per heavy atom. The maximum Gasteiger partial charge on any atom is 0.270 e. The number of anilines is 1. The Labute approximate surface area is 168 Å². The summed E-state index contributed by atoms with van der Waals surface area (Å²) in [5.74, 6) is 0.654. The van der Waals surface area contributed by atoms with Gasteiger partial charge in [0.05, 0.1) is 4.91 Å². The van der Waals surface area contributed by atoms with E-state index in [-0.39, 0.29) is 17.0 Å². The van der Waals surface area contributed by atoms with Crippen LogP contribution >= 0.6 is 24.0 Å². The highest BCUT2D eigenvalue weighted by Gasteiger charge is 2.30. The van der Waals surface area contributed by atoms with Crippen LogP contribution in [-0.2, 0) is 11.3 Å². The molecule has 0 saturated carbocycles. The zero-order valence-corrected chi connectivity index (χ0v) is 17.4. The molecule has 2 aliphatic heterocycles. The van der Waals surface area contributed by atoms with Gasteiger partial charge in [-0.3, -0.25) is 19.1 Å². The Kier molecular flexibility index (Phi) is 5.72. The van der Waals surface area contributed by atoms with Gasteiger partial charge in [-0.15, -0.1) is 0 Å². The molecule has 27 heavy (non-hydrogen) atoms. The average Bonchev–Trinajstić information content (AvgIpc) is 2.91. The molecular formula is C19H22N4O2S2. The molecule has 0 radical (unpaired) electrons. The van der Waals surface area contributed by atoms with Crippen molar-refractivity contribution in [1.29, 1.82) is 5.26 Å². The molecule has 8 heteroatoms. The van der Waals surface area contributed by atoms with Gasteiger partial charge in [-0.05, 0) is 44.7 Å². The Hall–Kier alpha value is -2.11. The van der Waals surface area contributed by atoms with Gasteiger partial charge in [0.1, 0.15) is 21.8 Å². The van der Waals surface area contributed by atoms with Crippen molar-refractivity contribution in [3.8, 4) is 6.07 Å². The summed E-state index contributed by atoms with van der Waals surface area (Å²) < 4.78 is 2.17. The van der Waals surface area contributed by atoms with Crippen molar-refractivity contribution < 1.29 is 4.79 Å². The first-order valence-corrected chi connectivity index (χ1v) is 10.3. The summed E-state index contributed by atoms with van der Waals surface area (Å²) >= 11 is 6.48. The van der Waals surface area contributed by atoms with Crippen LogP contribution in [-0.4, -0.2) is 39.8 Å². The Morgan fingerprint density at radius 2 is 1.93 bits per heavy atom. The van der Waals surface area contributed by atoms with Crippen molar-refractivity contribution >= 4 is 46.1 Å². The molecule has 142 valence electrons. The zero-order chi connectivity index (χ0) is 19.7. The van der Waals surface area contributed by atoms with E-state index in [4.69, 9.17) is 12.2 Å². The number of hydrogen-bond donors (Lipinski definition) is 0. The van der Waals surface area contributed by atoms with Crippen LogP contribution in [0, 0.1) is 18.3 Å². The lowest BCUT2D eigenvalue weighted by atomic mass is 10.0. The summed E-state index contributed by atoms with van der Waals surface area (Å²) in [5.41, 5.74) is 1.26. The molecule has 3 rings (SSSR count). The minimum atomic E-state index is -0.265. The first kappa shape index (κ1) is 19.6. The predicted octanol–water partition coefficient (Wildman–Crippen LogP) is 2.87. The number of amides is 1. The number of hydrogen-bond acceptors (Lipinski definition) is 6. The van der Waals surface area contributed by atoms with Gasteiger partial charge in [-0.25, -0.2) is 0 Å². The van der Waals surface area contributed by atoms with Gasteiger partial charge in [-0.2, -0.15) is 5.26 Å². The van der Waals surface area contributed by atoms with Crippen LogP contribution in [0.2, 0.25) is 0 Å². The number of aromatic nitrogens is 1. The third kappa shape index (κ3) is 3.42. The number of thiocarbonyl (C=S) groups is 1. The summed E-state index contributed by atoms with van der Waals surface area (Å²) in [6.45, 7) is 5.88. The van der Waals surface area contributed by atoms with E-state index < -0.39 is 0 Å². The van der Waals surface area contributed by atoms with Crippen molar-refractivity contribution in [3.63, 3.8) is 0 Å². The molecule has 0 aromatic carbocycles. The van der Waals surface area contributed by atoms with Crippen LogP contribution in [0.5, 0.6) is 0 Å². The Bertz CT molecular complexity index is 936. The highest BCUT2D eigenvalue weighted by Crippen LogP contribution is 2.35. The second-order valence-electron chi connectivity index (χ2n) is 6.69. The molecule has 0 spiro atoms. The van der Waals surface area contributed by atoms with Crippen molar-refractivity contribution in [1.82, 2.24) is 9.47 Å². The van der Waals surface area contributed by atoms with Crippen molar-refractivity contribution in [2.24, 2.45) is 0 Å². The molecule has 0 aliphatic carbocycles. The third-order valence-corrected chi connectivity index (χ3v) is 6.56. The molecule has 0 bridgehead atoms. The molecule has 1 aromatic rings.